The number of benzene rings is 1. The van der Waals surface area contributed by atoms with Gasteiger partial charge in [0.15, 0.2) is 5.66 Å². The fourth-order valence-corrected chi connectivity index (χ4v) is 1.99. The molecule has 0 spiro atoms. The van der Waals surface area contributed by atoms with Crippen LogP contribution in [0.5, 0.6) is 5.75 Å². The molecule has 0 saturated heterocycles. The number of hydrogen-bond donors (Lipinski definition) is 3. The molecule has 114 valence electrons. The van der Waals surface area contributed by atoms with Gasteiger partial charge in [-0.1, -0.05) is 0 Å². The van der Waals surface area contributed by atoms with Gasteiger partial charge in [0.2, 0.25) is 0 Å². The van der Waals surface area contributed by atoms with Crippen LogP contribution in [0.15, 0.2) is 28.4 Å². The van der Waals surface area contributed by atoms with Crippen molar-refractivity contribution in [1.82, 2.24) is 5.32 Å². The van der Waals surface area contributed by atoms with Gasteiger partial charge in [0.25, 0.3) is 5.91 Å². The van der Waals surface area contributed by atoms with Crippen LogP contribution in [0.2, 0.25) is 0 Å². The van der Waals surface area contributed by atoms with Crippen molar-refractivity contribution in [1.29, 1.82) is 0 Å². The van der Waals surface area contributed by atoms with Gasteiger partial charge in [-0.3, -0.25) is 4.79 Å². The third kappa shape index (κ3) is 3.61. The third-order valence-corrected chi connectivity index (χ3v) is 3.35. The van der Waals surface area contributed by atoms with Crippen molar-refractivity contribution in [3.8, 4) is 18.1 Å². The minimum atomic E-state index is -1.30. The molecule has 1 aromatic carbocycles. The van der Waals surface area contributed by atoms with Crippen LogP contribution in [-0.4, -0.2) is 34.3 Å². The Hall–Kier alpha value is -2.88. The van der Waals surface area contributed by atoms with Crippen LogP contribution in [0.1, 0.15) is 40.0 Å². The third-order valence-electron chi connectivity index (χ3n) is 3.35. The molecule has 2 rings (SSSR count). The summed E-state index contributed by atoms with van der Waals surface area (Å²) in [7, 11) is 0. The Bertz CT molecular complexity index is 670. The molecule has 3 N–H and O–H groups in total. The molecule has 0 aromatic heterocycles. The average Bonchev–Trinajstić information content (AvgIpc) is 3.25. The fourth-order valence-electron chi connectivity index (χ4n) is 1.99. The number of nitrogens with zero attached hydrogens (tertiary/aromatic N) is 2. The number of nitrogens with one attached hydrogen (secondary N) is 1. The largest absolute Gasteiger partial charge is 0.507 e. The second-order valence-electron chi connectivity index (χ2n) is 4.93. The van der Waals surface area contributed by atoms with Crippen molar-refractivity contribution >= 4 is 11.9 Å². The molecule has 1 aromatic rings. The molecule has 0 radical (unpaired) electrons. The molecule has 0 saturated carbocycles. The van der Waals surface area contributed by atoms with Crippen molar-refractivity contribution in [3.63, 3.8) is 0 Å². The number of carbonyl (C=O) groups is 2. The van der Waals surface area contributed by atoms with E-state index >= 15 is 0 Å². The summed E-state index contributed by atoms with van der Waals surface area (Å²) >= 11 is 0. The Balaban J connectivity index is 1.89. The van der Waals surface area contributed by atoms with Crippen LogP contribution in [0.25, 0.3) is 0 Å². The predicted molar refractivity (Wildman–Crippen MR) is 77.7 cm³/mol. The average molecular weight is 301 g/mol. The quantitative estimate of drug-likeness (QED) is 0.666. The summed E-state index contributed by atoms with van der Waals surface area (Å²) in [5.74, 6) is 0.426. The lowest BCUT2D eigenvalue weighted by Crippen LogP contribution is -2.28. The van der Waals surface area contributed by atoms with Crippen molar-refractivity contribution in [2.75, 3.05) is 6.54 Å². The van der Waals surface area contributed by atoms with E-state index in [0.29, 0.717) is 25.8 Å². The topological polar surface area (TPSA) is 111 Å². The molecule has 22 heavy (non-hydrogen) atoms. The second-order valence-corrected chi connectivity index (χ2v) is 4.93. The smallest absolute Gasteiger partial charge is 0.339 e. The van der Waals surface area contributed by atoms with Gasteiger partial charge in [0.1, 0.15) is 11.3 Å². The molecular weight excluding hydrogens is 286 g/mol. The zero-order valence-electron chi connectivity index (χ0n) is 11.7. The highest BCUT2D eigenvalue weighted by molar-refractivity contribution is 5.98. The zero-order valence-corrected chi connectivity index (χ0v) is 11.7. The van der Waals surface area contributed by atoms with Crippen LogP contribution in [-0.2, 0) is 0 Å². The van der Waals surface area contributed by atoms with E-state index in [1.807, 2.05) is 0 Å². The summed E-state index contributed by atoms with van der Waals surface area (Å²) < 4.78 is 0. The van der Waals surface area contributed by atoms with E-state index in [2.05, 4.69) is 21.5 Å². The Morgan fingerprint density at radius 3 is 2.64 bits per heavy atom. The van der Waals surface area contributed by atoms with E-state index in [-0.39, 0.29) is 16.9 Å². The number of phenols is 1. The number of carbonyl (C=O) groups excluding carboxylic acids is 1. The number of aromatic carboxylic acids is 1. The van der Waals surface area contributed by atoms with Gasteiger partial charge < -0.3 is 15.5 Å². The number of amides is 1. The van der Waals surface area contributed by atoms with Gasteiger partial charge in [-0.2, -0.15) is 10.2 Å². The van der Waals surface area contributed by atoms with Crippen molar-refractivity contribution in [2.45, 2.75) is 24.9 Å². The van der Waals surface area contributed by atoms with E-state index in [1.54, 1.807) is 0 Å². The minimum Gasteiger partial charge on any atom is -0.507 e. The first kappa shape index (κ1) is 15.5. The van der Waals surface area contributed by atoms with E-state index in [4.69, 9.17) is 11.5 Å². The maximum atomic E-state index is 12.0. The van der Waals surface area contributed by atoms with Crippen LogP contribution in [0, 0.1) is 12.3 Å². The number of aromatic hydroxyl groups is 1. The Kier molecular flexibility index (Phi) is 4.41. The standard InChI is InChI=1S/C15H15N3O4/c1-2-3-6-15(17-18-15)7-8-16-13(20)10-4-5-12(19)11(9-10)14(21)22/h1,4-5,9,19H,3,6-8H2,(H,16,20)(H,21,22). The van der Waals surface area contributed by atoms with Gasteiger partial charge in [-0.15, -0.1) is 12.3 Å². The monoisotopic (exact) mass is 301 g/mol. The van der Waals surface area contributed by atoms with Crippen LogP contribution in [0.3, 0.4) is 0 Å². The van der Waals surface area contributed by atoms with Gasteiger partial charge in [-0.25, -0.2) is 4.79 Å². The Morgan fingerprint density at radius 1 is 1.32 bits per heavy atom. The number of carboxylic acids is 1. The van der Waals surface area contributed by atoms with Crippen LogP contribution >= 0.6 is 0 Å². The molecular formula is C15H15N3O4. The number of terminal acetylenes is 1. The summed E-state index contributed by atoms with van der Waals surface area (Å²) in [6.07, 6.45) is 6.97. The van der Waals surface area contributed by atoms with Crippen LogP contribution < -0.4 is 5.32 Å². The first-order chi connectivity index (χ1) is 10.5. The molecule has 7 nitrogen and oxygen atoms in total. The summed E-state index contributed by atoms with van der Waals surface area (Å²) in [4.78, 5) is 22.9. The van der Waals surface area contributed by atoms with Crippen molar-refractivity contribution in [2.24, 2.45) is 10.2 Å². The molecule has 0 atom stereocenters. The lowest BCUT2D eigenvalue weighted by molar-refractivity contribution is 0.0693. The molecule has 1 amide bonds. The molecule has 0 unspecified atom stereocenters. The predicted octanol–water partition coefficient (Wildman–Crippen LogP) is 1.79. The molecule has 1 aliphatic rings. The van der Waals surface area contributed by atoms with E-state index in [0.717, 1.165) is 6.07 Å². The molecule has 0 bridgehead atoms. The SMILES string of the molecule is C#CCCC1(CCNC(=O)c2ccc(O)c(C(=O)O)c2)N=N1. The molecule has 1 aliphatic heterocycles. The number of carboxylic acid groups (broad SMARTS) is 1. The summed E-state index contributed by atoms with van der Waals surface area (Å²) in [5, 5.41) is 28.9. The summed E-state index contributed by atoms with van der Waals surface area (Å²) in [5.41, 5.74) is -0.622. The number of hydrogen-bond acceptors (Lipinski definition) is 5. The summed E-state index contributed by atoms with van der Waals surface area (Å²) in [6, 6.07) is 3.67. The summed E-state index contributed by atoms with van der Waals surface area (Å²) in [6.45, 7) is 0.347. The molecule has 1 heterocycles. The molecule has 0 fully saturated rings. The van der Waals surface area contributed by atoms with E-state index in [9.17, 15) is 14.7 Å². The van der Waals surface area contributed by atoms with Crippen molar-refractivity contribution in [3.05, 3.63) is 29.3 Å². The lowest BCUT2D eigenvalue weighted by atomic mass is 10.0. The maximum absolute atomic E-state index is 12.0. The van der Waals surface area contributed by atoms with Gasteiger partial charge in [-0.05, 0) is 18.2 Å². The molecule has 0 aliphatic carbocycles. The maximum Gasteiger partial charge on any atom is 0.339 e. The van der Waals surface area contributed by atoms with Gasteiger partial charge >= 0.3 is 5.97 Å². The van der Waals surface area contributed by atoms with E-state index in [1.165, 1.54) is 12.1 Å². The zero-order chi connectivity index (χ0) is 16.2. The van der Waals surface area contributed by atoms with Crippen LogP contribution in [0.4, 0.5) is 0 Å². The van der Waals surface area contributed by atoms with Crippen molar-refractivity contribution < 1.29 is 19.8 Å². The second kappa shape index (κ2) is 6.26. The highest BCUT2D eigenvalue weighted by Crippen LogP contribution is 2.36. The first-order valence-electron chi connectivity index (χ1n) is 6.69. The highest BCUT2D eigenvalue weighted by atomic mass is 16.4. The molecule has 7 heteroatoms. The Morgan fingerprint density at radius 2 is 2.05 bits per heavy atom. The normalized spacial score (nSPS) is 14.1. The van der Waals surface area contributed by atoms with E-state index < -0.39 is 17.5 Å². The minimum absolute atomic E-state index is 0.164. The van der Waals surface area contributed by atoms with Gasteiger partial charge in [0, 0.05) is 31.4 Å². The number of rotatable bonds is 7. The lowest BCUT2D eigenvalue weighted by Gasteiger charge is -2.10. The first-order valence-corrected chi connectivity index (χ1v) is 6.69. The fraction of sp³-hybridized carbons (Fsp3) is 0.333. The van der Waals surface area contributed by atoms with Gasteiger partial charge in [0.05, 0.1) is 0 Å². The highest BCUT2D eigenvalue weighted by Gasteiger charge is 2.38. The Labute approximate surface area is 127 Å².